The fourth-order valence-corrected chi connectivity index (χ4v) is 3.06. The molecular formula is C20H22N2O3. The molecule has 0 bridgehead atoms. The number of rotatable bonds is 4. The first-order valence-electron chi connectivity index (χ1n) is 8.42. The van der Waals surface area contributed by atoms with E-state index in [-0.39, 0.29) is 25.0 Å². The van der Waals surface area contributed by atoms with Crippen molar-refractivity contribution in [2.75, 3.05) is 23.3 Å². The van der Waals surface area contributed by atoms with Crippen LogP contribution in [0.25, 0.3) is 0 Å². The molecule has 0 saturated carbocycles. The molecule has 1 amide bonds. The number of nitrogens with zero attached hydrogens (tertiary/aromatic N) is 1. The van der Waals surface area contributed by atoms with Gasteiger partial charge >= 0.3 is 5.97 Å². The standard InChI is InChI=1S/C20H22N2O3/c1-4-15-7-5-6-14(3)20(15)21-18(23)11-22-12-19(24)25-17-10-13(2)8-9-16(17)22/h5-10H,4,11-12H2,1-3H3,(H,21,23). The summed E-state index contributed by atoms with van der Waals surface area (Å²) in [6.07, 6.45) is 0.843. The van der Waals surface area contributed by atoms with Crippen LogP contribution >= 0.6 is 0 Å². The molecule has 25 heavy (non-hydrogen) atoms. The molecule has 5 nitrogen and oxygen atoms in total. The minimum Gasteiger partial charge on any atom is -0.423 e. The van der Waals surface area contributed by atoms with Gasteiger partial charge in [-0.1, -0.05) is 31.2 Å². The number of ether oxygens (including phenoxy) is 1. The van der Waals surface area contributed by atoms with Gasteiger partial charge in [0.25, 0.3) is 0 Å². The number of amides is 1. The van der Waals surface area contributed by atoms with Crippen LogP contribution in [0.3, 0.4) is 0 Å². The number of anilines is 2. The molecule has 1 aliphatic heterocycles. The van der Waals surface area contributed by atoms with Crippen molar-refractivity contribution in [3.05, 3.63) is 53.1 Å². The molecule has 2 aromatic rings. The Hall–Kier alpha value is -2.82. The lowest BCUT2D eigenvalue weighted by Crippen LogP contribution is -2.41. The molecule has 0 radical (unpaired) electrons. The Morgan fingerprint density at radius 2 is 2.04 bits per heavy atom. The van der Waals surface area contributed by atoms with Gasteiger partial charge in [-0.05, 0) is 49.1 Å². The quantitative estimate of drug-likeness (QED) is 0.687. The van der Waals surface area contributed by atoms with Crippen molar-refractivity contribution >= 4 is 23.3 Å². The van der Waals surface area contributed by atoms with Crippen LogP contribution in [-0.4, -0.2) is 25.0 Å². The van der Waals surface area contributed by atoms with E-state index in [4.69, 9.17) is 4.74 Å². The number of esters is 1. The number of fused-ring (bicyclic) bond motifs is 1. The van der Waals surface area contributed by atoms with Crippen molar-refractivity contribution in [3.63, 3.8) is 0 Å². The molecule has 0 fully saturated rings. The molecule has 2 aromatic carbocycles. The first-order chi connectivity index (χ1) is 12.0. The monoisotopic (exact) mass is 338 g/mol. The summed E-state index contributed by atoms with van der Waals surface area (Å²) in [4.78, 5) is 26.2. The van der Waals surface area contributed by atoms with Gasteiger partial charge in [-0.15, -0.1) is 0 Å². The third-order valence-electron chi connectivity index (χ3n) is 4.34. The Morgan fingerprint density at radius 1 is 1.24 bits per heavy atom. The van der Waals surface area contributed by atoms with E-state index in [0.717, 1.165) is 34.5 Å². The predicted molar refractivity (Wildman–Crippen MR) is 98.2 cm³/mol. The third kappa shape index (κ3) is 3.65. The summed E-state index contributed by atoms with van der Waals surface area (Å²) in [5.41, 5.74) is 4.76. The van der Waals surface area contributed by atoms with Crippen LogP contribution in [0.2, 0.25) is 0 Å². The minimum atomic E-state index is -0.351. The van der Waals surface area contributed by atoms with Gasteiger partial charge in [0.2, 0.25) is 5.91 Å². The maximum absolute atomic E-state index is 12.6. The summed E-state index contributed by atoms with van der Waals surface area (Å²) in [5, 5.41) is 3.00. The lowest BCUT2D eigenvalue weighted by molar-refractivity contribution is -0.133. The van der Waals surface area contributed by atoms with Crippen LogP contribution in [0.5, 0.6) is 5.75 Å². The lowest BCUT2D eigenvalue weighted by atomic mass is 10.1. The molecule has 0 saturated heterocycles. The number of carbonyl (C=O) groups excluding carboxylic acids is 2. The molecule has 1 aliphatic rings. The summed E-state index contributed by atoms with van der Waals surface area (Å²) in [5.74, 6) is 0.00968. The number of para-hydroxylation sites is 1. The number of hydrogen-bond donors (Lipinski definition) is 1. The maximum Gasteiger partial charge on any atom is 0.331 e. The summed E-state index contributed by atoms with van der Waals surface area (Å²) < 4.78 is 5.29. The Labute approximate surface area is 147 Å². The van der Waals surface area contributed by atoms with Crippen molar-refractivity contribution in [2.45, 2.75) is 27.2 Å². The topological polar surface area (TPSA) is 58.6 Å². The number of carbonyl (C=O) groups is 2. The molecule has 1 N–H and O–H groups in total. The average molecular weight is 338 g/mol. The van der Waals surface area contributed by atoms with Crippen molar-refractivity contribution < 1.29 is 14.3 Å². The fourth-order valence-electron chi connectivity index (χ4n) is 3.06. The number of aryl methyl sites for hydroxylation is 3. The van der Waals surface area contributed by atoms with E-state index in [9.17, 15) is 9.59 Å². The van der Waals surface area contributed by atoms with E-state index >= 15 is 0 Å². The van der Waals surface area contributed by atoms with Crippen LogP contribution in [0.1, 0.15) is 23.6 Å². The minimum absolute atomic E-state index is 0.0673. The van der Waals surface area contributed by atoms with E-state index in [1.807, 2.05) is 50.2 Å². The second kappa shape index (κ2) is 6.97. The smallest absolute Gasteiger partial charge is 0.331 e. The summed E-state index contributed by atoms with van der Waals surface area (Å²) >= 11 is 0. The molecule has 1 heterocycles. The molecule has 0 aliphatic carbocycles. The Kier molecular flexibility index (Phi) is 4.74. The molecule has 130 valence electrons. The normalized spacial score (nSPS) is 13.2. The van der Waals surface area contributed by atoms with E-state index < -0.39 is 0 Å². The zero-order chi connectivity index (χ0) is 18.0. The Morgan fingerprint density at radius 3 is 2.80 bits per heavy atom. The van der Waals surface area contributed by atoms with Crippen molar-refractivity contribution in [1.29, 1.82) is 0 Å². The highest BCUT2D eigenvalue weighted by atomic mass is 16.5. The lowest BCUT2D eigenvalue weighted by Gasteiger charge is -2.29. The summed E-state index contributed by atoms with van der Waals surface area (Å²) in [7, 11) is 0. The third-order valence-corrected chi connectivity index (χ3v) is 4.34. The van der Waals surface area contributed by atoms with Gasteiger partial charge < -0.3 is 15.0 Å². The van der Waals surface area contributed by atoms with Gasteiger partial charge in [-0.3, -0.25) is 4.79 Å². The summed E-state index contributed by atoms with van der Waals surface area (Å²) in [6, 6.07) is 11.6. The second-order valence-electron chi connectivity index (χ2n) is 6.31. The highest BCUT2D eigenvalue weighted by Crippen LogP contribution is 2.32. The highest BCUT2D eigenvalue weighted by molar-refractivity contribution is 5.97. The molecule has 0 atom stereocenters. The Bertz CT molecular complexity index is 830. The predicted octanol–water partition coefficient (Wildman–Crippen LogP) is 3.23. The van der Waals surface area contributed by atoms with Crippen LogP contribution < -0.4 is 15.0 Å². The van der Waals surface area contributed by atoms with E-state index in [0.29, 0.717) is 5.75 Å². The van der Waals surface area contributed by atoms with Gasteiger partial charge in [0.05, 0.1) is 12.2 Å². The van der Waals surface area contributed by atoms with E-state index in [1.165, 1.54) is 0 Å². The van der Waals surface area contributed by atoms with E-state index in [1.54, 1.807) is 4.90 Å². The molecule has 0 spiro atoms. The zero-order valence-electron chi connectivity index (χ0n) is 14.8. The number of nitrogens with one attached hydrogen (secondary N) is 1. The maximum atomic E-state index is 12.6. The van der Waals surface area contributed by atoms with Gasteiger partial charge in [0.15, 0.2) is 5.75 Å². The zero-order valence-corrected chi connectivity index (χ0v) is 14.8. The SMILES string of the molecule is CCc1cccc(C)c1NC(=O)CN1CC(=O)Oc2cc(C)ccc21. The fraction of sp³-hybridized carbons (Fsp3) is 0.300. The van der Waals surface area contributed by atoms with E-state index in [2.05, 4.69) is 12.2 Å². The molecule has 3 rings (SSSR count). The van der Waals surface area contributed by atoms with Crippen LogP contribution in [0, 0.1) is 13.8 Å². The Balaban J connectivity index is 1.79. The second-order valence-corrected chi connectivity index (χ2v) is 6.31. The van der Waals surface area contributed by atoms with Gasteiger partial charge in [0.1, 0.15) is 6.54 Å². The largest absolute Gasteiger partial charge is 0.423 e. The van der Waals surface area contributed by atoms with Gasteiger partial charge in [-0.2, -0.15) is 0 Å². The van der Waals surface area contributed by atoms with Crippen LogP contribution in [-0.2, 0) is 16.0 Å². The molecular weight excluding hydrogens is 316 g/mol. The molecule has 5 heteroatoms. The number of hydrogen-bond acceptors (Lipinski definition) is 4. The first kappa shape index (κ1) is 17.0. The first-order valence-corrected chi connectivity index (χ1v) is 8.42. The number of benzene rings is 2. The average Bonchev–Trinajstić information content (AvgIpc) is 2.56. The van der Waals surface area contributed by atoms with Gasteiger partial charge in [0, 0.05) is 5.69 Å². The highest BCUT2D eigenvalue weighted by Gasteiger charge is 2.26. The van der Waals surface area contributed by atoms with Gasteiger partial charge in [-0.25, -0.2) is 4.79 Å². The molecule has 0 unspecified atom stereocenters. The van der Waals surface area contributed by atoms with Crippen LogP contribution in [0.4, 0.5) is 11.4 Å². The molecule has 0 aromatic heterocycles. The van der Waals surface area contributed by atoms with Crippen LogP contribution in [0.15, 0.2) is 36.4 Å². The van der Waals surface area contributed by atoms with Crippen molar-refractivity contribution in [1.82, 2.24) is 0 Å². The summed E-state index contributed by atoms with van der Waals surface area (Å²) in [6.45, 7) is 6.14. The van der Waals surface area contributed by atoms with Crippen molar-refractivity contribution in [3.8, 4) is 5.75 Å². The van der Waals surface area contributed by atoms with Crippen molar-refractivity contribution in [2.24, 2.45) is 0 Å².